The molecular formula is C33H51N7O5. The minimum absolute atomic E-state index is 0.126. The highest BCUT2D eigenvalue weighted by Gasteiger charge is 2.41. The standard InChI is InChI=1S/C33H51N7O5/c1-22(2)30-36-31(45-37-30)38-16-12-24(13-17-38)23(3)14-18-43-28-11-10-25(19-34-28)39-20-26(35-32(42)44-33(4,5)6)27(21-39)40-15-8-7-9-29(40)41/h10-11,19,22-24,26-27H,7-9,12-18,20-21H2,1-6H3,(H,35,42)/t23-,26+,27+/m1/s1. The van der Waals surface area contributed by atoms with Crippen LogP contribution in [-0.2, 0) is 9.53 Å². The summed E-state index contributed by atoms with van der Waals surface area (Å²) in [7, 11) is 0. The van der Waals surface area contributed by atoms with E-state index >= 15 is 0 Å². The number of hydrogen-bond donors (Lipinski definition) is 1. The number of ether oxygens (including phenoxy) is 2. The molecule has 248 valence electrons. The highest BCUT2D eigenvalue weighted by Crippen LogP contribution is 2.30. The topological polar surface area (TPSA) is 126 Å². The first-order valence-electron chi connectivity index (χ1n) is 16.7. The Kier molecular flexibility index (Phi) is 10.4. The minimum Gasteiger partial charge on any atom is -0.478 e. The van der Waals surface area contributed by atoms with Crippen molar-refractivity contribution in [3.63, 3.8) is 0 Å². The number of carbonyl (C=O) groups is 2. The van der Waals surface area contributed by atoms with Gasteiger partial charge in [0.15, 0.2) is 5.82 Å². The third-order valence-corrected chi connectivity index (χ3v) is 9.22. The van der Waals surface area contributed by atoms with E-state index in [0.29, 0.717) is 56.4 Å². The van der Waals surface area contributed by atoms with Crippen LogP contribution >= 0.6 is 0 Å². The number of carbonyl (C=O) groups excluding carboxylic acids is 2. The van der Waals surface area contributed by atoms with Gasteiger partial charge >= 0.3 is 12.1 Å². The van der Waals surface area contributed by atoms with Gasteiger partial charge in [0.05, 0.1) is 30.6 Å². The minimum atomic E-state index is -0.595. The molecule has 0 aliphatic carbocycles. The summed E-state index contributed by atoms with van der Waals surface area (Å²) in [5, 5.41) is 7.15. The van der Waals surface area contributed by atoms with E-state index in [0.717, 1.165) is 56.7 Å². The molecule has 3 aliphatic heterocycles. The predicted octanol–water partition coefficient (Wildman–Crippen LogP) is 5.00. The molecule has 12 heteroatoms. The van der Waals surface area contributed by atoms with Crippen molar-refractivity contribution in [2.24, 2.45) is 11.8 Å². The SMILES string of the molecule is CC(C)c1noc(N2CCC([C@H](C)CCOc3ccc(N4C[C@H](NC(=O)OC(C)(C)C)[C@@H](N5CCCCC5=O)C4)cn3)CC2)n1. The van der Waals surface area contributed by atoms with Gasteiger partial charge in [-0.2, -0.15) is 4.98 Å². The Morgan fingerprint density at radius 2 is 1.87 bits per heavy atom. The molecule has 0 aromatic carbocycles. The van der Waals surface area contributed by atoms with Crippen LogP contribution in [-0.4, -0.2) is 89.0 Å². The maximum absolute atomic E-state index is 12.8. The quantitative estimate of drug-likeness (QED) is 0.385. The Hall–Kier alpha value is -3.57. The molecule has 2 amide bonds. The van der Waals surface area contributed by atoms with Crippen molar-refractivity contribution in [3.05, 3.63) is 24.2 Å². The second kappa shape index (κ2) is 14.2. The van der Waals surface area contributed by atoms with Crippen LogP contribution in [0.4, 0.5) is 16.5 Å². The molecule has 0 radical (unpaired) electrons. The lowest BCUT2D eigenvalue weighted by molar-refractivity contribution is -0.135. The molecule has 0 bridgehead atoms. The van der Waals surface area contributed by atoms with Crippen molar-refractivity contribution in [1.82, 2.24) is 25.3 Å². The number of pyridine rings is 1. The number of nitrogens with zero attached hydrogens (tertiary/aromatic N) is 6. The van der Waals surface area contributed by atoms with Crippen molar-refractivity contribution >= 4 is 23.7 Å². The second-order valence-electron chi connectivity index (χ2n) is 14.2. The number of hydrogen-bond acceptors (Lipinski definition) is 10. The molecule has 3 fully saturated rings. The van der Waals surface area contributed by atoms with E-state index in [1.807, 2.05) is 44.0 Å². The molecule has 3 aliphatic rings. The normalized spacial score (nSPS) is 22.2. The lowest BCUT2D eigenvalue weighted by atomic mass is 9.84. The summed E-state index contributed by atoms with van der Waals surface area (Å²) in [6.07, 6.45) is 6.96. The fourth-order valence-corrected chi connectivity index (χ4v) is 6.57. The van der Waals surface area contributed by atoms with E-state index in [2.05, 4.69) is 51.0 Å². The number of aromatic nitrogens is 3. The van der Waals surface area contributed by atoms with Gasteiger partial charge in [-0.3, -0.25) is 4.79 Å². The number of amides is 2. The molecule has 3 saturated heterocycles. The molecular weight excluding hydrogens is 574 g/mol. The van der Waals surface area contributed by atoms with Gasteiger partial charge in [0.25, 0.3) is 0 Å². The predicted molar refractivity (Wildman–Crippen MR) is 172 cm³/mol. The Bertz CT molecular complexity index is 1270. The average molecular weight is 626 g/mol. The van der Waals surface area contributed by atoms with E-state index in [4.69, 9.17) is 14.0 Å². The molecule has 12 nitrogen and oxygen atoms in total. The van der Waals surface area contributed by atoms with Crippen LogP contribution in [0.25, 0.3) is 0 Å². The van der Waals surface area contributed by atoms with Crippen molar-refractivity contribution in [2.45, 2.75) is 104 Å². The molecule has 45 heavy (non-hydrogen) atoms. The highest BCUT2D eigenvalue weighted by atomic mass is 16.6. The van der Waals surface area contributed by atoms with E-state index in [1.54, 1.807) is 0 Å². The average Bonchev–Trinajstić information content (AvgIpc) is 3.65. The van der Waals surface area contributed by atoms with Crippen molar-refractivity contribution in [1.29, 1.82) is 0 Å². The smallest absolute Gasteiger partial charge is 0.408 e. The van der Waals surface area contributed by atoms with E-state index < -0.39 is 11.7 Å². The summed E-state index contributed by atoms with van der Waals surface area (Å²) >= 11 is 0. The fraction of sp³-hybridized carbons (Fsp3) is 0.727. The molecule has 5 rings (SSSR count). The van der Waals surface area contributed by atoms with Gasteiger partial charge in [0.2, 0.25) is 11.8 Å². The van der Waals surface area contributed by atoms with Gasteiger partial charge < -0.3 is 34.0 Å². The summed E-state index contributed by atoms with van der Waals surface area (Å²) in [6, 6.07) is 4.19. The van der Waals surface area contributed by atoms with Crippen LogP contribution in [0, 0.1) is 11.8 Å². The van der Waals surface area contributed by atoms with E-state index in [1.165, 1.54) is 0 Å². The van der Waals surface area contributed by atoms with Crippen molar-refractivity contribution < 1.29 is 23.6 Å². The molecule has 0 saturated carbocycles. The first-order valence-corrected chi connectivity index (χ1v) is 16.7. The summed E-state index contributed by atoms with van der Waals surface area (Å²) in [4.78, 5) is 40.9. The Morgan fingerprint density at radius 1 is 1.09 bits per heavy atom. The summed E-state index contributed by atoms with van der Waals surface area (Å²) in [6.45, 7) is 16.4. The van der Waals surface area contributed by atoms with Gasteiger partial charge in [-0.1, -0.05) is 25.9 Å². The fourth-order valence-electron chi connectivity index (χ4n) is 6.57. The third-order valence-electron chi connectivity index (χ3n) is 9.22. The third kappa shape index (κ3) is 8.58. The maximum atomic E-state index is 12.8. The van der Waals surface area contributed by atoms with Gasteiger partial charge in [-0.25, -0.2) is 9.78 Å². The Morgan fingerprint density at radius 3 is 2.51 bits per heavy atom. The van der Waals surface area contributed by atoms with Gasteiger partial charge in [-0.15, -0.1) is 0 Å². The molecule has 2 aromatic heterocycles. The monoisotopic (exact) mass is 625 g/mol. The zero-order valence-electron chi connectivity index (χ0n) is 27.8. The molecule has 0 spiro atoms. The lowest BCUT2D eigenvalue weighted by Gasteiger charge is -2.35. The van der Waals surface area contributed by atoms with Gasteiger partial charge in [0.1, 0.15) is 5.60 Å². The largest absolute Gasteiger partial charge is 0.478 e. The van der Waals surface area contributed by atoms with E-state index in [9.17, 15) is 9.59 Å². The number of rotatable bonds is 10. The molecule has 1 N–H and O–H groups in total. The molecule has 0 unspecified atom stereocenters. The number of alkyl carbamates (subject to hydrolysis) is 1. The zero-order valence-corrected chi connectivity index (χ0v) is 27.8. The van der Waals surface area contributed by atoms with Crippen LogP contribution in [0.5, 0.6) is 5.88 Å². The van der Waals surface area contributed by atoms with Crippen molar-refractivity contribution in [2.75, 3.05) is 49.1 Å². The Balaban J connectivity index is 1.10. The second-order valence-corrected chi connectivity index (χ2v) is 14.2. The van der Waals surface area contributed by atoms with Crippen molar-refractivity contribution in [3.8, 4) is 5.88 Å². The van der Waals surface area contributed by atoms with Gasteiger partial charge in [0, 0.05) is 51.1 Å². The number of piperidine rings is 2. The lowest BCUT2D eigenvalue weighted by Crippen LogP contribution is -2.54. The highest BCUT2D eigenvalue weighted by molar-refractivity contribution is 5.78. The van der Waals surface area contributed by atoms with E-state index in [-0.39, 0.29) is 23.9 Å². The molecule has 2 aromatic rings. The summed E-state index contributed by atoms with van der Waals surface area (Å²) < 4.78 is 17.1. The Labute approximate surface area is 267 Å². The van der Waals surface area contributed by atoms with Crippen LogP contribution in [0.1, 0.15) is 91.8 Å². The van der Waals surface area contributed by atoms with Crippen LogP contribution in [0.15, 0.2) is 22.9 Å². The van der Waals surface area contributed by atoms with Crippen LogP contribution < -0.4 is 19.9 Å². The first-order chi connectivity index (χ1) is 21.5. The maximum Gasteiger partial charge on any atom is 0.408 e. The first kappa shape index (κ1) is 32.8. The van der Waals surface area contributed by atoms with Crippen LogP contribution in [0.3, 0.4) is 0 Å². The molecule has 5 heterocycles. The summed E-state index contributed by atoms with van der Waals surface area (Å²) in [5.41, 5.74) is 0.342. The zero-order chi connectivity index (χ0) is 32.1. The van der Waals surface area contributed by atoms with Crippen LogP contribution in [0.2, 0.25) is 0 Å². The van der Waals surface area contributed by atoms with Gasteiger partial charge in [-0.05, 0) is 70.8 Å². The number of likely N-dealkylation sites (tertiary alicyclic amines) is 1. The summed E-state index contributed by atoms with van der Waals surface area (Å²) in [5.74, 6) is 2.94. The molecule has 3 atom stereocenters. The number of anilines is 2. The number of nitrogens with one attached hydrogen (secondary N) is 1.